The van der Waals surface area contributed by atoms with Crippen molar-refractivity contribution in [2.45, 2.75) is 12.6 Å². The third-order valence-electron chi connectivity index (χ3n) is 2.89. The number of ether oxygens (including phenoxy) is 1. The lowest BCUT2D eigenvalue weighted by Crippen LogP contribution is -2.45. The van der Waals surface area contributed by atoms with Crippen LogP contribution in [0.3, 0.4) is 0 Å². The van der Waals surface area contributed by atoms with Gasteiger partial charge in [-0.25, -0.2) is 0 Å². The van der Waals surface area contributed by atoms with E-state index in [9.17, 15) is 0 Å². The molecule has 1 aliphatic heterocycles. The molecular formula is C12H17BrCl2N2O. The van der Waals surface area contributed by atoms with Gasteiger partial charge in [-0.15, -0.1) is 12.4 Å². The van der Waals surface area contributed by atoms with Gasteiger partial charge in [0, 0.05) is 35.7 Å². The smallest absolute Gasteiger partial charge is 0.0824 e. The van der Waals surface area contributed by atoms with E-state index in [-0.39, 0.29) is 18.5 Å². The number of nitrogens with zero attached hydrogens (tertiary/aromatic N) is 1. The highest BCUT2D eigenvalue weighted by molar-refractivity contribution is 9.10. The molecule has 18 heavy (non-hydrogen) atoms. The molecule has 0 bridgehead atoms. The molecule has 1 aliphatic rings. The Morgan fingerprint density at radius 3 is 2.94 bits per heavy atom. The largest absolute Gasteiger partial charge is 0.374 e. The Balaban J connectivity index is 0.00000162. The summed E-state index contributed by atoms with van der Waals surface area (Å²) in [6, 6.07) is 5.90. The molecule has 102 valence electrons. The number of benzene rings is 1. The van der Waals surface area contributed by atoms with E-state index in [1.165, 1.54) is 5.56 Å². The first-order valence-corrected chi connectivity index (χ1v) is 6.84. The molecule has 1 atom stereocenters. The van der Waals surface area contributed by atoms with E-state index in [1.807, 2.05) is 12.1 Å². The number of hydrogen-bond acceptors (Lipinski definition) is 3. The highest BCUT2D eigenvalue weighted by Crippen LogP contribution is 2.23. The average molecular weight is 356 g/mol. The third-order valence-corrected chi connectivity index (χ3v) is 3.87. The molecule has 1 heterocycles. The van der Waals surface area contributed by atoms with Crippen molar-refractivity contribution in [2.24, 2.45) is 5.73 Å². The molecule has 1 fully saturated rings. The van der Waals surface area contributed by atoms with Crippen LogP contribution in [0.2, 0.25) is 5.02 Å². The number of hydrogen-bond donors (Lipinski definition) is 1. The summed E-state index contributed by atoms with van der Waals surface area (Å²) < 4.78 is 6.60. The molecule has 1 saturated heterocycles. The molecule has 1 aromatic rings. The second-order valence-corrected chi connectivity index (χ2v) is 5.49. The van der Waals surface area contributed by atoms with Crippen molar-refractivity contribution in [3.05, 3.63) is 33.3 Å². The Hall–Kier alpha value is 0.160. The first kappa shape index (κ1) is 16.2. The summed E-state index contributed by atoms with van der Waals surface area (Å²) in [4.78, 5) is 2.36. The van der Waals surface area contributed by atoms with Gasteiger partial charge in [0.15, 0.2) is 0 Å². The summed E-state index contributed by atoms with van der Waals surface area (Å²) >= 11 is 9.46. The summed E-state index contributed by atoms with van der Waals surface area (Å²) in [5, 5.41) is 0.752. The minimum Gasteiger partial charge on any atom is -0.374 e. The molecule has 0 aromatic heterocycles. The summed E-state index contributed by atoms with van der Waals surface area (Å²) in [6.45, 7) is 4.08. The minimum atomic E-state index is 0. The Morgan fingerprint density at radius 2 is 2.28 bits per heavy atom. The molecule has 0 aliphatic carbocycles. The maximum Gasteiger partial charge on any atom is 0.0824 e. The molecular weight excluding hydrogens is 339 g/mol. The van der Waals surface area contributed by atoms with Crippen LogP contribution < -0.4 is 5.73 Å². The van der Waals surface area contributed by atoms with E-state index in [1.54, 1.807) is 0 Å². The summed E-state index contributed by atoms with van der Waals surface area (Å²) in [5.74, 6) is 0. The average Bonchev–Trinajstić information content (AvgIpc) is 2.33. The Labute approximate surface area is 127 Å². The maximum absolute atomic E-state index is 5.93. The van der Waals surface area contributed by atoms with Gasteiger partial charge in [0.2, 0.25) is 0 Å². The molecule has 0 saturated carbocycles. The molecule has 2 N–H and O–H groups in total. The second kappa shape index (κ2) is 7.68. The molecule has 0 radical (unpaired) electrons. The van der Waals surface area contributed by atoms with Crippen LogP contribution in [-0.4, -0.2) is 37.2 Å². The predicted molar refractivity (Wildman–Crippen MR) is 80.5 cm³/mol. The van der Waals surface area contributed by atoms with Crippen molar-refractivity contribution >= 4 is 39.9 Å². The van der Waals surface area contributed by atoms with Gasteiger partial charge < -0.3 is 10.5 Å². The highest BCUT2D eigenvalue weighted by atomic mass is 79.9. The lowest BCUT2D eigenvalue weighted by molar-refractivity contribution is -0.0261. The highest BCUT2D eigenvalue weighted by Gasteiger charge is 2.19. The van der Waals surface area contributed by atoms with E-state index in [4.69, 9.17) is 22.1 Å². The van der Waals surface area contributed by atoms with E-state index < -0.39 is 0 Å². The first-order valence-electron chi connectivity index (χ1n) is 5.67. The van der Waals surface area contributed by atoms with Gasteiger partial charge in [0.25, 0.3) is 0 Å². The zero-order chi connectivity index (χ0) is 12.3. The fourth-order valence-electron chi connectivity index (χ4n) is 1.96. The molecule has 1 unspecified atom stereocenters. The third kappa shape index (κ3) is 4.37. The second-order valence-electron chi connectivity index (χ2n) is 4.20. The van der Waals surface area contributed by atoms with Gasteiger partial charge in [-0.1, -0.05) is 33.6 Å². The van der Waals surface area contributed by atoms with Gasteiger partial charge in [-0.2, -0.15) is 0 Å². The maximum atomic E-state index is 5.93. The lowest BCUT2D eigenvalue weighted by Gasteiger charge is -2.32. The SMILES string of the molecule is Cl.NCC1CN(Cc2ccc(Cl)cc2Br)CCO1. The van der Waals surface area contributed by atoms with Crippen molar-refractivity contribution in [3.63, 3.8) is 0 Å². The minimum absolute atomic E-state index is 0. The number of nitrogens with two attached hydrogens (primary N) is 1. The standard InChI is InChI=1S/C12H16BrClN2O.ClH/c13-12-5-10(14)2-1-9(12)7-16-3-4-17-11(6-15)8-16;/h1-2,5,11H,3-4,6-8,15H2;1H. The summed E-state index contributed by atoms with van der Waals surface area (Å²) in [5.41, 5.74) is 6.87. The molecule has 0 amide bonds. The predicted octanol–water partition coefficient (Wildman–Crippen LogP) is 2.68. The van der Waals surface area contributed by atoms with E-state index >= 15 is 0 Å². The first-order chi connectivity index (χ1) is 8.19. The molecule has 3 nitrogen and oxygen atoms in total. The van der Waals surface area contributed by atoms with Crippen LogP contribution in [0.4, 0.5) is 0 Å². The topological polar surface area (TPSA) is 38.5 Å². The van der Waals surface area contributed by atoms with Crippen LogP contribution in [0.5, 0.6) is 0 Å². The Kier molecular flexibility index (Phi) is 6.92. The van der Waals surface area contributed by atoms with Crippen LogP contribution in [-0.2, 0) is 11.3 Å². The lowest BCUT2D eigenvalue weighted by atomic mass is 10.2. The van der Waals surface area contributed by atoms with E-state index in [2.05, 4.69) is 26.9 Å². The van der Waals surface area contributed by atoms with Crippen molar-refractivity contribution in [2.75, 3.05) is 26.2 Å². The van der Waals surface area contributed by atoms with Crippen molar-refractivity contribution in [3.8, 4) is 0 Å². The van der Waals surface area contributed by atoms with Crippen molar-refractivity contribution < 1.29 is 4.74 Å². The quantitative estimate of drug-likeness (QED) is 0.905. The zero-order valence-corrected chi connectivity index (χ0v) is 13.1. The Morgan fingerprint density at radius 1 is 1.50 bits per heavy atom. The van der Waals surface area contributed by atoms with Crippen molar-refractivity contribution in [1.82, 2.24) is 4.90 Å². The van der Waals surface area contributed by atoms with Crippen LogP contribution in [0.1, 0.15) is 5.56 Å². The van der Waals surface area contributed by atoms with E-state index in [0.717, 1.165) is 35.7 Å². The van der Waals surface area contributed by atoms with Gasteiger partial charge in [-0.05, 0) is 17.7 Å². The van der Waals surface area contributed by atoms with E-state index in [0.29, 0.717) is 6.54 Å². The van der Waals surface area contributed by atoms with Gasteiger partial charge in [0.05, 0.1) is 12.7 Å². The van der Waals surface area contributed by atoms with Crippen molar-refractivity contribution in [1.29, 1.82) is 0 Å². The molecule has 2 rings (SSSR count). The van der Waals surface area contributed by atoms with Gasteiger partial charge in [0.1, 0.15) is 0 Å². The van der Waals surface area contributed by atoms with Crippen LogP contribution >= 0.6 is 39.9 Å². The fraction of sp³-hybridized carbons (Fsp3) is 0.500. The molecule has 6 heteroatoms. The zero-order valence-electron chi connectivity index (χ0n) is 9.94. The number of rotatable bonds is 3. The summed E-state index contributed by atoms with van der Waals surface area (Å²) in [7, 11) is 0. The molecule has 0 spiro atoms. The Bertz CT molecular complexity index is 392. The van der Waals surface area contributed by atoms with Gasteiger partial charge >= 0.3 is 0 Å². The van der Waals surface area contributed by atoms with Crippen LogP contribution in [0.15, 0.2) is 22.7 Å². The normalized spacial score (nSPS) is 20.5. The molecule has 1 aromatic carbocycles. The van der Waals surface area contributed by atoms with Crippen LogP contribution in [0.25, 0.3) is 0 Å². The number of halogens is 3. The summed E-state index contributed by atoms with van der Waals surface area (Å²) in [6.07, 6.45) is 0.162. The van der Waals surface area contributed by atoms with Crippen LogP contribution in [0, 0.1) is 0 Å². The van der Waals surface area contributed by atoms with Gasteiger partial charge in [-0.3, -0.25) is 4.90 Å². The monoisotopic (exact) mass is 354 g/mol. The number of morpholine rings is 1. The fourth-order valence-corrected chi connectivity index (χ4v) is 2.77.